The molecule has 4 aromatic rings. The van der Waals surface area contributed by atoms with E-state index in [2.05, 4.69) is 48.8 Å². The highest BCUT2D eigenvalue weighted by molar-refractivity contribution is 6.12. The monoisotopic (exact) mass is 524 g/mol. The third-order valence-corrected chi connectivity index (χ3v) is 8.25. The summed E-state index contributed by atoms with van der Waals surface area (Å²) in [4.78, 5) is 19.2. The van der Waals surface area contributed by atoms with Crippen molar-refractivity contribution in [3.8, 4) is 11.3 Å². The van der Waals surface area contributed by atoms with Crippen molar-refractivity contribution in [1.29, 1.82) is 0 Å². The molecule has 2 N–H and O–H groups in total. The second kappa shape index (κ2) is 11.1. The van der Waals surface area contributed by atoms with Gasteiger partial charge in [-0.15, -0.1) is 0 Å². The van der Waals surface area contributed by atoms with Crippen LogP contribution >= 0.6 is 0 Å². The van der Waals surface area contributed by atoms with Crippen LogP contribution in [0.2, 0.25) is 0 Å². The highest BCUT2D eigenvalue weighted by atomic mass is 16.6. The first-order valence-corrected chi connectivity index (χ1v) is 13.8. The van der Waals surface area contributed by atoms with Gasteiger partial charge in [0.2, 0.25) is 0 Å². The van der Waals surface area contributed by atoms with Crippen molar-refractivity contribution >= 4 is 22.6 Å². The van der Waals surface area contributed by atoms with Crippen molar-refractivity contribution in [2.75, 3.05) is 46.1 Å². The second-order valence-electron chi connectivity index (χ2n) is 10.6. The minimum Gasteiger partial charge on any atom is -0.399 e. The van der Waals surface area contributed by atoms with Gasteiger partial charge in [-0.05, 0) is 32.7 Å². The van der Waals surface area contributed by atoms with Gasteiger partial charge in [-0.3, -0.25) is 4.90 Å². The molecular weight excluding hydrogens is 488 g/mol. The van der Waals surface area contributed by atoms with Gasteiger partial charge in [0.05, 0.1) is 11.4 Å². The van der Waals surface area contributed by atoms with Crippen molar-refractivity contribution in [3.63, 3.8) is 0 Å². The number of anilines is 1. The summed E-state index contributed by atoms with van der Waals surface area (Å²) in [5.41, 5.74) is 11.7. The SMILES string of the molecule is CON=C(c1ccccc1)c1ccc(-c2nn(C3CCC(N4CCN(C)CC4)CC3)c3ncnc(N)c23)cc1. The van der Waals surface area contributed by atoms with Crippen LogP contribution in [0.15, 0.2) is 66.1 Å². The van der Waals surface area contributed by atoms with Crippen molar-refractivity contribution in [3.05, 3.63) is 72.1 Å². The lowest BCUT2D eigenvalue weighted by molar-refractivity contribution is 0.0815. The summed E-state index contributed by atoms with van der Waals surface area (Å²) in [6.07, 6.45) is 6.09. The molecular formula is C30H36N8O. The number of nitrogens with zero attached hydrogens (tertiary/aromatic N) is 7. The molecule has 2 aliphatic rings. The third-order valence-electron chi connectivity index (χ3n) is 8.25. The van der Waals surface area contributed by atoms with Gasteiger partial charge < -0.3 is 15.5 Å². The number of oxime groups is 1. The van der Waals surface area contributed by atoms with Crippen LogP contribution in [-0.4, -0.2) is 81.6 Å². The Kier molecular flexibility index (Phi) is 7.26. The predicted molar refractivity (Wildman–Crippen MR) is 155 cm³/mol. The zero-order valence-electron chi connectivity index (χ0n) is 22.7. The van der Waals surface area contributed by atoms with Gasteiger partial charge in [0.1, 0.15) is 30.7 Å². The lowest BCUT2D eigenvalue weighted by Crippen LogP contribution is -2.49. The maximum Gasteiger partial charge on any atom is 0.164 e. The van der Waals surface area contributed by atoms with Crippen molar-refractivity contribution in [2.45, 2.75) is 37.8 Å². The van der Waals surface area contributed by atoms with Crippen LogP contribution in [0, 0.1) is 0 Å². The van der Waals surface area contributed by atoms with Crippen LogP contribution < -0.4 is 5.73 Å². The van der Waals surface area contributed by atoms with Crippen LogP contribution in [0.3, 0.4) is 0 Å². The third kappa shape index (κ3) is 5.12. The van der Waals surface area contributed by atoms with Crippen LogP contribution in [0.25, 0.3) is 22.3 Å². The molecule has 2 fully saturated rings. The Bertz CT molecular complexity index is 1430. The van der Waals surface area contributed by atoms with Crippen molar-refractivity contribution < 1.29 is 4.84 Å². The molecule has 0 atom stereocenters. The molecule has 9 heteroatoms. The van der Waals surface area contributed by atoms with Crippen LogP contribution in [0.4, 0.5) is 5.82 Å². The minimum absolute atomic E-state index is 0.303. The van der Waals surface area contributed by atoms with Crippen LogP contribution in [0.1, 0.15) is 42.9 Å². The van der Waals surface area contributed by atoms with Gasteiger partial charge in [-0.2, -0.15) is 5.10 Å². The summed E-state index contributed by atoms with van der Waals surface area (Å²) in [6.45, 7) is 4.65. The van der Waals surface area contributed by atoms with Gasteiger partial charge in [0.25, 0.3) is 0 Å². The predicted octanol–water partition coefficient (Wildman–Crippen LogP) is 4.21. The maximum atomic E-state index is 6.41. The number of likely N-dealkylation sites (N-methyl/N-ethyl adjacent to an activating group) is 1. The van der Waals surface area contributed by atoms with Gasteiger partial charge in [-0.1, -0.05) is 59.8 Å². The van der Waals surface area contributed by atoms with Gasteiger partial charge in [-0.25, -0.2) is 14.6 Å². The number of nitrogen functional groups attached to an aromatic ring is 1. The molecule has 0 spiro atoms. The molecule has 39 heavy (non-hydrogen) atoms. The molecule has 1 aliphatic heterocycles. The highest BCUT2D eigenvalue weighted by Gasteiger charge is 2.30. The Labute approximate surface area is 229 Å². The maximum absolute atomic E-state index is 6.41. The largest absolute Gasteiger partial charge is 0.399 e. The fraction of sp³-hybridized carbons (Fsp3) is 0.400. The summed E-state index contributed by atoms with van der Waals surface area (Å²) in [5.74, 6) is 0.461. The first-order valence-electron chi connectivity index (χ1n) is 13.8. The molecule has 3 heterocycles. The topological polar surface area (TPSA) is 97.7 Å². The van der Waals surface area contributed by atoms with E-state index in [0.29, 0.717) is 17.9 Å². The number of nitrogens with two attached hydrogens (primary N) is 1. The minimum atomic E-state index is 0.303. The number of fused-ring (bicyclic) bond motifs is 1. The number of rotatable bonds is 6. The standard InChI is InChI=1S/C30H36N8O/c1-36-16-18-37(19-17-36)24-12-14-25(15-13-24)38-30-26(29(31)32-20-33-30)28(34-38)23-10-8-22(9-11-23)27(35-39-2)21-6-4-3-5-7-21/h3-11,20,24-25H,12-19H2,1-2H3,(H2,31,32,33). The average Bonchev–Trinajstić information content (AvgIpc) is 3.38. The van der Waals surface area contributed by atoms with Crippen molar-refractivity contribution in [2.24, 2.45) is 5.16 Å². The van der Waals surface area contributed by atoms with Crippen LogP contribution in [-0.2, 0) is 4.84 Å². The summed E-state index contributed by atoms with van der Waals surface area (Å²) >= 11 is 0. The van der Waals surface area contributed by atoms with E-state index in [1.165, 1.54) is 25.9 Å². The Morgan fingerprint density at radius 2 is 1.54 bits per heavy atom. The Hall–Kier alpha value is -3.82. The molecule has 1 saturated heterocycles. The lowest BCUT2D eigenvalue weighted by atomic mass is 9.90. The van der Waals surface area contributed by atoms with E-state index < -0.39 is 0 Å². The Morgan fingerprint density at radius 1 is 0.872 bits per heavy atom. The molecule has 0 radical (unpaired) electrons. The second-order valence-corrected chi connectivity index (χ2v) is 10.6. The van der Waals surface area contributed by atoms with E-state index in [1.807, 2.05) is 42.5 Å². The summed E-state index contributed by atoms with van der Waals surface area (Å²) < 4.78 is 2.11. The molecule has 0 bridgehead atoms. The zero-order chi connectivity index (χ0) is 26.8. The van der Waals surface area contributed by atoms with E-state index in [-0.39, 0.29) is 0 Å². The molecule has 1 saturated carbocycles. The van der Waals surface area contributed by atoms with Gasteiger partial charge >= 0.3 is 0 Å². The molecule has 6 rings (SSSR count). The number of aromatic nitrogens is 4. The first-order chi connectivity index (χ1) is 19.1. The molecule has 2 aromatic carbocycles. The van der Waals surface area contributed by atoms with E-state index in [1.54, 1.807) is 13.4 Å². The lowest BCUT2D eigenvalue weighted by Gasteiger charge is -2.41. The molecule has 202 valence electrons. The quantitative estimate of drug-likeness (QED) is 0.298. The van der Waals surface area contributed by atoms with E-state index in [0.717, 1.165) is 65.1 Å². The summed E-state index contributed by atoms with van der Waals surface area (Å²) in [6, 6.07) is 19.2. The Morgan fingerprint density at radius 3 is 2.23 bits per heavy atom. The van der Waals surface area contributed by atoms with Crippen molar-refractivity contribution in [1.82, 2.24) is 29.5 Å². The first kappa shape index (κ1) is 25.5. The average molecular weight is 525 g/mol. The fourth-order valence-electron chi connectivity index (χ4n) is 6.05. The highest BCUT2D eigenvalue weighted by Crippen LogP contribution is 2.37. The van der Waals surface area contributed by atoms with Gasteiger partial charge in [0.15, 0.2) is 5.65 Å². The number of piperazine rings is 1. The smallest absolute Gasteiger partial charge is 0.164 e. The molecule has 0 amide bonds. The molecule has 1 aliphatic carbocycles. The van der Waals surface area contributed by atoms with Gasteiger partial charge in [0, 0.05) is 48.9 Å². The van der Waals surface area contributed by atoms with E-state index in [9.17, 15) is 0 Å². The molecule has 2 aromatic heterocycles. The molecule has 9 nitrogen and oxygen atoms in total. The summed E-state index contributed by atoms with van der Waals surface area (Å²) in [5, 5.41) is 10.2. The van der Waals surface area contributed by atoms with E-state index in [4.69, 9.17) is 15.7 Å². The zero-order valence-corrected chi connectivity index (χ0v) is 22.7. The van der Waals surface area contributed by atoms with E-state index >= 15 is 0 Å². The number of hydrogen-bond acceptors (Lipinski definition) is 8. The summed E-state index contributed by atoms with van der Waals surface area (Å²) in [7, 11) is 3.78. The van der Waals surface area contributed by atoms with Crippen LogP contribution in [0.5, 0.6) is 0 Å². The Balaban J connectivity index is 1.27. The number of hydrogen-bond donors (Lipinski definition) is 1. The number of benzene rings is 2. The molecule has 0 unspecified atom stereocenters. The normalized spacial score (nSPS) is 21.3. The fourth-order valence-corrected chi connectivity index (χ4v) is 6.05.